The zero-order chi connectivity index (χ0) is 12.3. The lowest BCUT2D eigenvalue weighted by atomic mass is 10.0. The number of furan rings is 1. The van der Waals surface area contributed by atoms with E-state index in [1.165, 1.54) is 6.42 Å². The van der Waals surface area contributed by atoms with E-state index in [-0.39, 0.29) is 0 Å². The lowest BCUT2D eigenvalue weighted by Crippen LogP contribution is -2.51. The molecular weight excluding hydrogens is 212 g/mol. The predicted octanol–water partition coefficient (Wildman–Crippen LogP) is 2.66. The Balaban J connectivity index is 1.92. The van der Waals surface area contributed by atoms with Gasteiger partial charge >= 0.3 is 0 Å². The molecule has 0 aliphatic carbocycles. The molecule has 2 rings (SSSR count). The van der Waals surface area contributed by atoms with E-state index in [4.69, 9.17) is 4.42 Å². The number of piperazine rings is 1. The van der Waals surface area contributed by atoms with Crippen LogP contribution in [0.1, 0.15) is 39.0 Å². The van der Waals surface area contributed by atoms with Crippen LogP contribution in [0.5, 0.6) is 0 Å². The molecule has 0 radical (unpaired) electrons. The number of nitrogens with zero attached hydrogens (tertiary/aromatic N) is 1. The standard InChI is InChI=1S/C14H24N2O/c1-11(2)9-13-10-16(7-6-15-13)12(3)14-5-4-8-17-14/h4-5,8,11-13,15H,6-7,9-10H2,1-3H3. The van der Waals surface area contributed by atoms with Crippen LogP contribution in [0, 0.1) is 5.92 Å². The summed E-state index contributed by atoms with van der Waals surface area (Å²) in [5, 5.41) is 3.61. The summed E-state index contributed by atoms with van der Waals surface area (Å²) in [6.45, 7) is 10.1. The van der Waals surface area contributed by atoms with Gasteiger partial charge in [0.05, 0.1) is 12.3 Å². The minimum atomic E-state index is 0.391. The van der Waals surface area contributed by atoms with Gasteiger partial charge in [-0.05, 0) is 31.4 Å². The fourth-order valence-electron chi connectivity index (χ4n) is 2.64. The highest BCUT2D eigenvalue weighted by Gasteiger charge is 2.25. The normalized spacial score (nSPS) is 24.1. The summed E-state index contributed by atoms with van der Waals surface area (Å²) in [6, 6.07) is 5.06. The monoisotopic (exact) mass is 236 g/mol. The third kappa shape index (κ3) is 3.33. The smallest absolute Gasteiger partial charge is 0.120 e. The number of hydrogen-bond donors (Lipinski definition) is 1. The van der Waals surface area contributed by atoms with Crippen molar-refractivity contribution in [1.82, 2.24) is 10.2 Å². The fraction of sp³-hybridized carbons (Fsp3) is 0.714. The van der Waals surface area contributed by atoms with Gasteiger partial charge in [0.2, 0.25) is 0 Å². The molecule has 1 aliphatic heterocycles. The molecule has 0 saturated carbocycles. The Hall–Kier alpha value is -0.800. The highest BCUT2D eigenvalue weighted by atomic mass is 16.3. The molecule has 3 heteroatoms. The van der Waals surface area contributed by atoms with E-state index in [0.29, 0.717) is 12.1 Å². The Labute approximate surface area is 104 Å². The van der Waals surface area contributed by atoms with Crippen molar-refractivity contribution in [1.29, 1.82) is 0 Å². The van der Waals surface area contributed by atoms with Crippen molar-refractivity contribution in [2.24, 2.45) is 5.92 Å². The third-order valence-corrected chi connectivity index (χ3v) is 3.55. The molecule has 1 aromatic rings. The van der Waals surface area contributed by atoms with E-state index < -0.39 is 0 Å². The molecule has 0 amide bonds. The molecule has 2 heterocycles. The summed E-state index contributed by atoms with van der Waals surface area (Å²) in [6.07, 6.45) is 3.01. The molecule has 1 aliphatic rings. The largest absolute Gasteiger partial charge is 0.468 e. The van der Waals surface area contributed by atoms with Gasteiger partial charge in [-0.2, -0.15) is 0 Å². The highest BCUT2D eigenvalue weighted by Crippen LogP contribution is 2.22. The Kier molecular flexibility index (Phi) is 4.24. The van der Waals surface area contributed by atoms with Crippen molar-refractivity contribution in [2.45, 2.75) is 39.3 Å². The highest BCUT2D eigenvalue weighted by molar-refractivity contribution is 5.04. The third-order valence-electron chi connectivity index (χ3n) is 3.55. The van der Waals surface area contributed by atoms with Gasteiger partial charge in [-0.1, -0.05) is 13.8 Å². The van der Waals surface area contributed by atoms with Crippen molar-refractivity contribution in [3.05, 3.63) is 24.2 Å². The van der Waals surface area contributed by atoms with Gasteiger partial charge in [-0.15, -0.1) is 0 Å². The molecule has 3 nitrogen and oxygen atoms in total. The molecule has 1 saturated heterocycles. The average Bonchev–Trinajstić information content (AvgIpc) is 2.81. The van der Waals surface area contributed by atoms with Crippen molar-refractivity contribution >= 4 is 0 Å². The van der Waals surface area contributed by atoms with Crippen LogP contribution in [-0.2, 0) is 0 Å². The summed E-state index contributed by atoms with van der Waals surface area (Å²) >= 11 is 0. The van der Waals surface area contributed by atoms with Crippen molar-refractivity contribution < 1.29 is 4.42 Å². The minimum Gasteiger partial charge on any atom is -0.468 e. The average molecular weight is 236 g/mol. The van der Waals surface area contributed by atoms with E-state index in [1.54, 1.807) is 6.26 Å². The predicted molar refractivity (Wildman–Crippen MR) is 69.9 cm³/mol. The van der Waals surface area contributed by atoms with Crippen LogP contribution in [-0.4, -0.2) is 30.6 Å². The number of hydrogen-bond acceptors (Lipinski definition) is 3. The van der Waals surface area contributed by atoms with Gasteiger partial charge in [0.1, 0.15) is 5.76 Å². The molecule has 96 valence electrons. The molecule has 0 spiro atoms. The van der Waals surface area contributed by atoms with Crippen molar-refractivity contribution in [3.8, 4) is 0 Å². The van der Waals surface area contributed by atoms with Gasteiger partial charge in [0, 0.05) is 25.7 Å². The van der Waals surface area contributed by atoms with Gasteiger partial charge < -0.3 is 9.73 Å². The molecule has 1 fully saturated rings. The Bertz CT molecular complexity index is 321. The summed E-state index contributed by atoms with van der Waals surface area (Å²) in [5.74, 6) is 1.83. The Morgan fingerprint density at radius 1 is 1.47 bits per heavy atom. The fourth-order valence-corrected chi connectivity index (χ4v) is 2.64. The maximum Gasteiger partial charge on any atom is 0.120 e. The van der Waals surface area contributed by atoms with Gasteiger partial charge in [-0.3, -0.25) is 4.90 Å². The Morgan fingerprint density at radius 2 is 2.29 bits per heavy atom. The SMILES string of the molecule is CC(C)CC1CN(C(C)c2ccco2)CCN1. The van der Waals surface area contributed by atoms with Crippen LogP contribution in [0.2, 0.25) is 0 Å². The molecule has 1 N–H and O–H groups in total. The van der Waals surface area contributed by atoms with E-state index in [2.05, 4.69) is 37.1 Å². The van der Waals surface area contributed by atoms with Crippen molar-refractivity contribution in [2.75, 3.05) is 19.6 Å². The number of rotatable bonds is 4. The topological polar surface area (TPSA) is 28.4 Å². The second-order valence-corrected chi connectivity index (χ2v) is 5.47. The van der Waals surface area contributed by atoms with Gasteiger partial charge in [-0.25, -0.2) is 0 Å². The first kappa shape index (κ1) is 12.7. The molecule has 0 bridgehead atoms. The molecule has 17 heavy (non-hydrogen) atoms. The van der Waals surface area contributed by atoms with Crippen LogP contribution in [0.4, 0.5) is 0 Å². The summed E-state index contributed by atoms with van der Waals surface area (Å²) < 4.78 is 5.50. The molecule has 0 aromatic carbocycles. The first-order chi connectivity index (χ1) is 8.16. The van der Waals surface area contributed by atoms with Crippen molar-refractivity contribution in [3.63, 3.8) is 0 Å². The molecule has 1 aromatic heterocycles. The lowest BCUT2D eigenvalue weighted by Gasteiger charge is -2.37. The van der Waals surface area contributed by atoms with Crippen LogP contribution in [0.3, 0.4) is 0 Å². The van der Waals surface area contributed by atoms with E-state index in [1.807, 2.05) is 6.07 Å². The second-order valence-electron chi connectivity index (χ2n) is 5.47. The van der Waals surface area contributed by atoms with Crippen LogP contribution >= 0.6 is 0 Å². The molecule has 2 atom stereocenters. The van der Waals surface area contributed by atoms with Gasteiger partial charge in [0.15, 0.2) is 0 Å². The number of nitrogens with one attached hydrogen (secondary N) is 1. The summed E-state index contributed by atoms with van der Waals surface area (Å²) in [4.78, 5) is 2.52. The van der Waals surface area contributed by atoms with E-state index >= 15 is 0 Å². The zero-order valence-electron chi connectivity index (χ0n) is 11.1. The summed E-state index contributed by atoms with van der Waals surface area (Å²) in [5.41, 5.74) is 0. The quantitative estimate of drug-likeness (QED) is 0.871. The maximum atomic E-state index is 5.50. The zero-order valence-corrected chi connectivity index (χ0v) is 11.1. The summed E-state index contributed by atoms with van der Waals surface area (Å²) in [7, 11) is 0. The van der Waals surface area contributed by atoms with Gasteiger partial charge in [0.25, 0.3) is 0 Å². The first-order valence-electron chi connectivity index (χ1n) is 6.67. The molecular formula is C14H24N2O. The van der Waals surface area contributed by atoms with Crippen LogP contribution in [0.15, 0.2) is 22.8 Å². The lowest BCUT2D eigenvalue weighted by molar-refractivity contribution is 0.130. The van der Waals surface area contributed by atoms with E-state index in [9.17, 15) is 0 Å². The second kappa shape index (κ2) is 5.69. The minimum absolute atomic E-state index is 0.391. The van der Waals surface area contributed by atoms with Crippen LogP contribution < -0.4 is 5.32 Å². The maximum absolute atomic E-state index is 5.50. The van der Waals surface area contributed by atoms with Crippen LogP contribution in [0.25, 0.3) is 0 Å². The molecule has 2 unspecified atom stereocenters. The Morgan fingerprint density at radius 3 is 2.94 bits per heavy atom. The van der Waals surface area contributed by atoms with E-state index in [0.717, 1.165) is 31.3 Å². The first-order valence-corrected chi connectivity index (χ1v) is 6.67.